The molecule has 120 valence electrons. The molecule has 0 aliphatic heterocycles. The molecule has 0 spiro atoms. The number of carbonyl (C=O) groups is 1. The molecule has 1 amide bonds. The normalized spacial score (nSPS) is 24.8. The van der Waals surface area contributed by atoms with Crippen molar-refractivity contribution in [3.8, 4) is 0 Å². The molecule has 0 heterocycles. The first-order valence-corrected chi connectivity index (χ1v) is 7.92. The second-order valence-corrected chi connectivity index (χ2v) is 6.38. The fraction of sp³-hybridized carbons (Fsp3) is 0.588. The minimum Gasteiger partial charge on any atom is -0.389 e. The Hall–Kier alpha value is -1.46. The number of aliphatic hydroxyl groups is 1. The molecule has 2 fully saturated rings. The van der Waals surface area contributed by atoms with Crippen LogP contribution in [-0.4, -0.2) is 36.9 Å². The van der Waals surface area contributed by atoms with E-state index in [0.29, 0.717) is 12.5 Å². The van der Waals surface area contributed by atoms with Gasteiger partial charge in [-0.25, -0.2) is 4.39 Å². The van der Waals surface area contributed by atoms with Gasteiger partial charge < -0.3 is 15.2 Å². The van der Waals surface area contributed by atoms with Gasteiger partial charge in [-0.1, -0.05) is 12.1 Å². The Balaban J connectivity index is 1.36. The second kappa shape index (κ2) is 6.75. The van der Waals surface area contributed by atoms with Crippen LogP contribution in [0.3, 0.4) is 0 Å². The summed E-state index contributed by atoms with van der Waals surface area (Å²) in [5.74, 6) is 0.308. The second-order valence-electron chi connectivity index (χ2n) is 6.38. The van der Waals surface area contributed by atoms with Gasteiger partial charge in [0.15, 0.2) is 0 Å². The van der Waals surface area contributed by atoms with Crippen LogP contribution in [0.5, 0.6) is 0 Å². The Kier molecular flexibility index (Phi) is 4.74. The molecule has 3 atom stereocenters. The van der Waals surface area contributed by atoms with E-state index in [9.17, 15) is 14.3 Å². The Morgan fingerprint density at radius 2 is 2.27 bits per heavy atom. The lowest BCUT2D eigenvalue weighted by Crippen LogP contribution is -2.35. The van der Waals surface area contributed by atoms with E-state index in [1.54, 1.807) is 6.07 Å². The highest BCUT2D eigenvalue weighted by Crippen LogP contribution is 2.47. The van der Waals surface area contributed by atoms with Crippen molar-refractivity contribution in [2.24, 2.45) is 11.8 Å². The van der Waals surface area contributed by atoms with Gasteiger partial charge in [0.05, 0.1) is 12.7 Å². The van der Waals surface area contributed by atoms with Crippen LogP contribution in [0.2, 0.25) is 0 Å². The Morgan fingerprint density at radius 1 is 1.45 bits per heavy atom. The molecule has 22 heavy (non-hydrogen) atoms. The average Bonchev–Trinajstić information content (AvgIpc) is 3.37. The van der Waals surface area contributed by atoms with Crippen LogP contribution in [0.15, 0.2) is 24.3 Å². The molecule has 2 aliphatic rings. The summed E-state index contributed by atoms with van der Waals surface area (Å²) in [4.78, 5) is 12.0. The maximum atomic E-state index is 13.2. The smallest absolute Gasteiger partial charge is 0.223 e. The molecule has 1 aromatic carbocycles. The molecule has 5 heteroatoms. The third kappa shape index (κ3) is 4.27. The summed E-state index contributed by atoms with van der Waals surface area (Å²) in [6, 6.07) is 6.40. The predicted molar refractivity (Wildman–Crippen MR) is 79.8 cm³/mol. The highest BCUT2D eigenvalue weighted by molar-refractivity contribution is 5.82. The van der Waals surface area contributed by atoms with E-state index in [2.05, 4.69) is 5.32 Å². The summed E-state index contributed by atoms with van der Waals surface area (Å²) in [7, 11) is 0. The fourth-order valence-electron chi connectivity index (χ4n) is 2.65. The van der Waals surface area contributed by atoms with Crippen molar-refractivity contribution in [3.05, 3.63) is 35.6 Å². The van der Waals surface area contributed by atoms with Crippen LogP contribution >= 0.6 is 0 Å². The summed E-state index contributed by atoms with van der Waals surface area (Å²) in [5.41, 5.74) is 0.869. The standard InChI is InChI=1S/C17H22FNO3/c18-13-3-1-2-12(6-13)15-7-16(15)17(21)19-8-14(20)10-22-9-11-4-5-11/h1-3,6,11,14-16,20H,4-5,7-10H2,(H,19,21)/t14-,15-,16-/m0/s1. The third-order valence-corrected chi connectivity index (χ3v) is 4.28. The molecular formula is C17H22FNO3. The molecule has 0 aromatic heterocycles. The predicted octanol–water partition coefficient (Wildman–Crippen LogP) is 1.83. The van der Waals surface area contributed by atoms with E-state index in [4.69, 9.17) is 4.74 Å². The van der Waals surface area contributed by atoms with Crippen molar-refractivity contribution < 1.29 is 19.0 Å². The number of benzene rings is 1. The number of ether oxygens (including phenoxy) is 1. The zero-order valence-electron chi connectivity index (χ0n) is 12.5. The van der Waals surface area contributed by atoms with Crippen molar-refractivity contribution in [1.29, 1.82) is 0 Å². The lowest BCUT2D eigenvalue weighted by molar-refractivity contribution is -0.123. The van der Waals surface area contributed by atoms with Crippen LogP contribution in [0.1, 0.15) is 30.7 Å². The number of hydrogen-bond acceptors (Lipinski definition) is 3. The summed E-state index contributed by atoms with van der Waals surface area (Å²) < 4.78 is 18.6. The molecule has 0 unspecified atom stereocenters. The molecule has 0 saturated heterocycles. The molecular weight excluding hydrogens is 285 g/mol. The summed E-state index contributed by atoms with van der Waals surface area (Å²) >= 11 is 0. The maximum Gasteiger partial charge on any atom is 0.223 e. The Labute approximate surface area is 129 Å². The first-order valence-electron chi connectivity index (χ1n) is 7.92. The minimum atomic E-state index is -0.672. The first-order chi connectivity index (χ1) is 10.6. The SMILES string of the molecule is O=C(NC[C@H](O)COCC1CC1)[C@H]1C[C@H]1c1cccc(F)c1. The first kappa shape index (κ1) is 15.4. The van der Waals surface area contributed by atoms with Crippen molar-refractivity contribution >= 4 is 5.91 Å². The highest BCUT2D eigenvalue weighted by Gasteiger charge is 2.43. The average molecular weight is 307 g/mol. The number of hydrogen-bond donors (Lipinski definition) is 2. The van der Waals surface area contributed by atoms with Crippen molar-refractivity contribution in [1.82, 2.24) is 5.32 Å². The molecule has 2 saturated carbocycles. The Morgan fingerprint density at radius 3 is 3.00 bits per heavy atom. The molecule has 0 radical (unpaired) electrons. The number of amides is 1. The molecule has 2 N–H and O–H groups in total. The number of aliphatic hydroxyl groups excluding tert-OH is 1. The number of halogens is 1. The van der Waals surface area contributed by atoms with Gasteiger partial charge in [-0.05, 0) is 48.8 Å². The maximum absolute atomic E-state index is 13.2. The number of carbonyl (C=O) groups excluding carboxylic acids is 1. The number of rotatable bonds is 8. The lowest BCUT2D eigenvalue weighted by atomic mass is 10.1. The number of nitrogens with one attached hydrogen (secondary N) is 1. The lowest BCUT2D eigenvalue weighted by Gasteiger charge is -2.12. The molecule has 1 aromatic rings. The van der Waals surface area contributed by atoms with Crippen molar-refractivity contribution in [2.45, 2.75) is 31.3 Å². The van der Waals surface area contributed by atoms with Gasteiger partial charge in [-0.2, -0.15) is 0 Å². The zero-order chi connectivity index (χ0) is 15.5. The molecule has 2 aliphatic carbocycles. The summed E-state index contributed by atoms with van der Waals surface area (Å²) in [5, 5.41) is 12.5. The van der Waals surface area contributed by atoms with Crippen molar-refractivity contribution in [2.75, 3.05) is 19.8 Å². The van der Waals surface area contributed by atoms with Gasteiger partial charge >= 0.3 is 0 Å². The van der Waals surface area contributed by atoms with E-state index in [0.717, 1.165) is 12.0 Å². The molecule has 3 rings (SSSR count). The van der Waals surface area contributed by atoms with Gasteiger partial charge in [-0.3, -0.25) is 4.79 Å². The summed E-state index contributed by atoms with van der Waals surface area (Å²) in [6.45, 7) is 1.17. The minimum absolute atomic E-state index is 0.0736. The quantitative estimate of drug-likeness (QED) is 0.770. The van der Waals surface area contributed by atoms with E-state index in [1.807, 2.05) is 6.07 Å². The van der Waals surface area contributed by atoms with Gasteiger partial charge in [0.1, 0.15) is 5.82 Å². The van der Waals surface area contributed by atoms with E-state index in [1.165, 1.54) is 25.0 Å². The van der Waals surface area contributed by atoms with Crippen LogP contribution < -0.4 is 5.32 Å². The fourth-order valence-corrected chi connectivity index (χ4v) is 2.65. The van der Waals surface area contributed by atoms with Crippen molar-refractivity contribution in [3.63, 3.8) is 0 Å². The van der Waals surface area contributed by atoms with E-state index in [-0.39, 0.29) is 36.7 Å². The monoisotopic (exact) mass is 307 g/mol. The zero-order valence-corrected chi connectivity index (χ0v) is 12.5. The highest BCUT2D eigenvalue weighted by atomic mass is 19.1. The van der Waals surface area contributed by atoms with Crippen LogP contribution in [0.4, 0.5) is 4.39 Å². The van der Waals surface area contributed by atoms with E-state index >= 15 is 0 Å². The van der Waals surface area contributed by atoms with E-state index < -0.39 is 6.10 Å². The third-order valence-electron chi connectivity index (χ3n) is 4.28. The molecule has 0 bridgehead atoms. The van der Waals surface area contributed by atoms with Gasteiger partial charge in [0.25, 0.3) is 0 Å². The Bertz CT molecular complexity index is 532. The van der Waals surface area contributed by atoms with Crippen LogP contribution in [0, 0.1) is 17.7 Å². The van der Waals surface area contributed by atoms with Crippen LogP contribution in [-0.2, 0) is 9.53 Å². The topological polar surface area (TPSA) is 58.6 Å². The summed E-state index contributed by atoms with van der Waals surface area (Å²) in [6.07, 6.45) is 2.50. The molecule has 4 nitrogen and oxygen atoms in total. The van der Waals surface area contributed by atoms with Gasteiger partial charge in [0.2, 0.25) is 5.91 Å². The van der Waals surface area contributed by atoms with Crippen LogP contribution in [0.25, 0.3) is 0 Å². The van der Waals surface area contributed by atoms with Gasteiger partial charge in [-0.15, -0.1) is 0 Å². The van der Waals surface area contributed by atoms with Gasteiger partial charge in [0, 0.05) is 19.1 Å². The largest absolute Gasteiger partial charge is 0.389 e.